The number of hydrogen-bond donors (Lipinski definition) is 1. The van der Waals surface area contributed by atoms with Crippen molar-refractivity contribution in [3.8, 4) is 0 Å². The Labute approximate surface area is 72.0 Å². The summed E-state index contributed by atoms with van der Waals surface area (Å²) in [5.74, 6) is 3.64. The molecule has 0 atom stereocenters. The van der Waals surface area contributed by atoms with Crippen LogP contribution in [0.4, 0.5) is 0 Å². The van der Waals surface area contributed by atoms with E-state index >= 15 is 0 Å². The van der Waals surface area contributed by atoms with Crippen molar-refractivity contribution >= 4 is 11.8 Å². The van der Waals surface area contributed by atoms with E-state index in [0.29, 0.717) is 0 Å². The number of nitrogens with two attached hydrogens (primary N) is 1. The molecule has 0 bridgehead atoms. The number of carbonyl (C=O) groups excluding carboxylic acids is 2. The Morgan fingerprint density at radius 3 is 2.00 bits per heavy atom. The average molecular weight is 173 g/mol. The second-order valence-corrected chi connectivity index (χ2v) is 3.55. The highest BCUT2D eigenvalue weighted by molar-refractivity contribution is 6.03. The van der Waals surface area contributed by atoms with E-state index in [0.717, 1.165) is 0 Å². The third-order valence-electron chi connectivity index (χ3n) is 1.76. The average Bonchev–Trinajstić information content (AvgIpc) is 2.01. The van der Waals surface area contributed by atoms with Gasteiger partial charge >= 0.3 is 5.97 Å². The van der Waals surface area contributed by atoms with Crippen LogP contribution in [0.1, 0.15) is 27.7 Å². The van der Waals surface area contributed by atoms with Gasteiger partial charge < -0.3 is 4.84 Å². The molecule has 0 aromatic carbocycles. The molecule has 0 aliphatic heterocycles. The van der Waals surface area contributed by atoms with E-state index in [1.54, 1.807) is 13.8 Å². The Morgan fingerprint density at radius 2 is 1.75 bits per heavy atom. The molecule has 0 rings (SSSR count). The largest absolute Gasteiger partial charge is 0.373 e. The van der Waals surface area contributed by atoms with E-state index in [1.165, 1.54) is 13.8 Å². The molecule has 2 N–H and O–H groups in total. The van der Waals surface area contributed by atoms with Crippen molar-refractivity contribution in [1.29, 1.82) is 0 Å². The standard InChI is InChI=1S/C8H15NO3/c1-5(2)6(10)8(3,4)7(11)12-9/h5H,9H2,1-4H3. The number of Topliss-reactive ketones (excluding diaryl/α,β-unsaturated/α-hetero) is 1. The van der Waals surface area contributed by atoms with Gasteiger partial charge in [0.05, 0.1) is 0 Å². The molecule has 0 heterocycles. The van der Waals surface area contributed by atoms with Gasteiger partial charge in [-0.25, -0.2) is 4.79 Å². The summed E-state index contributed by atoms with van der Waals surface area (Å²) in [6.07, 6.45) is 0. The minimum absolute atomic E-state index is 0.169. The Hall–Kier alpha value is -0.900. The van der Waals surface area contributed by atoms with Crippen LogP contribution >= 0.6 is 0 Å². The SMILES string of the molecule is CC(C)C(=O)C(C)(C)C(=O)ON. The zero-order chi connectivity index (χ0) is 9.94. The molecule has 0 unspecified atom stereocenters. The number of rotatable bonds is 3. The maximum absolute atomic E-state index is 11.4. The first-order valence-corrected chi connectivity index (χ1v) is 3.79. The second kappa shape index (κ2) is 3.67. The van der Waals surface area contributed by atoms with Crippen molar-refractivity contribution < 1.29 is 14.4 Å². The van der Waals surface area contributed by atoms with Gasteiger partial charge in [-0.05, 0) is 13.8 Å². The van der Waals surface area contributed by atoms with Gasteiger partial charge in [0.1, 0.15) is 5.41 Å². The van der Waals surface area contributed by atoms with E-state index in [4.69, 9.17) is 5.90 Å². The van der Waals surface area contributed by atoms with Crippen LogP contribution in [-0.2, 0) is 14.4 Å². The van der Waals surface area contributed by atoms with Crippen LogP contribution in [0.15, 0.2) is 0 Å². The van der Waals surface area contributed by atoms with E-state index in [1.807, 2.05) is 0 Å². The molecule has 0 saturated carbocycles. The normalized spacial score (nSPS) is 11.5. The Bertz CT molecular complexity index is 196. The van der Waals surface area contributed by atoms with E-state index in [-0.39, 0.29) is 11.7 Å². The zero-order valence-corrected chi connectivity index (χ0v) is 7.88. The molecule has 0 saturated heterocycles. The van der Waals surface area contributed by atoms with Crippen LogP contribution in [0, 0.1) is 11.3 Å². The Morgan fingerprint density at radius 1 is 1.33 bits per heavy atom. The first kappa shape index (κ1) is 11.1. The van der Waals surface area contributed by atoms with Crippen molar-refractivity contribution in [3.05, 3.63) is 0 Å². The van der Waals surface area contributed by atoms with Crippen molar-refractivity contribution in [2.24, 2.45) is 17.2 Å². The molecule has 0 amide bonds. The lowest BCUT2D eigenvalue weighted by atomic mass is 9.83. The summed E-state index contributed by atoms with van der Waals surface area (Å²) < 4.78 is 0. The lowest BCUT2D eigenvalue weighted by Crippen LogP contribution is -2.38. The molecule has 70 valence electrons. The fourth-order valence-electron chi connectivity index (χ4n) is 0.970. The summed E-state index contributed by atoms with van der Waals surface area (Å²) in [7, 11) is 0. The summed E-state index contributed by atoms with van der Waals surface area (Å²) >= 11 is 0. The third-order valence-corrected chi connectivity index (χ3v) is 1.76. The van der Waals surface area contributed by atoms with E-state index in [9.17, 15) is 9.59 Å². The fourth-order valence-corrected chi connectivity index (χ4v) is 0.970. The molecule has 0 aromatic heterocycles. The van der Waals surface area contributed by atoms with Gasteiger partial charge in [0.25, 0.3) is 0 Å². The monoisotopic (exact) mass is 173 g/mol. The van der Waals surface area contributed by atoms with Gasteiger partial charge in [-0.2, -0.15) is 5.90 Å². The fraction of sp³-hybridized carbons (Fsp3) is 0.750. The van der Waals surface area contributed by atoms with Gasteiger partial charge in [0, 0.05) is 5.92 Å². The minimum Gasteiger partial charge on any atom is -0.373 e. The predicted molar refractivity (Wildman–Crippen MR) is 43.9 cm³/mol. The molecular formula is C8H15NO3. The number of ketones is 1. The van der Waals surface area contributed by atoms with Gasteiger partial charge in [-0.1, -0.05) is 13.8 Å². The quantitative estimate of drug-likeness (QED) is 0.502. The summed E-state index contributed by atoms with van der Waals surface area (Å²) in [6.45, 7) is 6.47. The molecule has 0 fully saturated rings. The number of carbonyl (C=O) groups is 2. The van der Waals surface area contributed by atoms with E-state index < -0.39 is 11.4 Å². The highest BCUT2D eigenvalue weighted by Crippen LogP contribution is 2.22. The second-order valence-electron chi connectivity index (χ2n) is 3.55. The molecule has 12 heavy (non-hydrogen) atoms. The molecule has 0 aromatic rings. The molecule has 0 radical (unpaired) electrons. The summed E-state index contributed by atoms with van der Waals surface area (Å²) in [5.41, 5.74) is -1.14. The van der Waals surface area contributed by atoms with Crippen LogP contribution in [0.5, 0.6) is 0 Å². The highest BCUT2D eigenvalue weighted by Gasteiger charge is 2.38. The van der Waals surface area contributed by atoms with Gasteiger partial charge in [-0.3, -0.25) is 4.79 Å². The van der Waals surface area contributed by atoms with Crippen LogP contribution in [0.3, 0.4) is 0 Å². The number of hydrogen-bond acceptors (Lipinski definition) is 4. The molecule has 0 spiro atoms. The lowest BCUT2D eigenvalue weighted by Gasteiger charge is -2.21. The lowest BCUT2D eigenvalue weighted by molar-refractivity contribution is -0.159. The van der Waals surface area contributed by atoms with Crippen molar-refractivity contribution in [2.45, 2.75) is 27.7 Å². The van der Waals surface area contributed by atoms with Gasteiger partial charge in [0.2, 0.25) is 0 Å². The Kier molecular flexibility index (Phi) is 3.39. The minimum atomic E-state index is -1.14. The first-order chi connectivity index (χ1) is 5.34. The maximum atomic E-state index is 11.4. The van der Waals surface area contributed by atoms with Crippen molar-refractivity contribution in [2.75, 3.05) is 0 Å². The van der Waals surface area contributed by atoms with Gasteiger partial charge in [0.15, 0.2) is 5.78 Å². The summed E-state index contributed by atoms with van der Waals surface area (Å²) in [5, 5.41) is 0. The molecule has 0 aliphatic carbocycles. The zero-order valence-electron chi connectivity index (χ0n) is 7.88. The summed E-state index contributed by atoms with van der Waals surface area (Å²) in [6, 6.07) is 0. The first-order valence-electron chi connectivity index (χ1n) is 3.79. The van der Waals surface area contributed by atoms with Crippen LogP contribution in [-0.4, -0.2) is 11.8 Å². The van der Waals surface area contributed by atoms with E-state index in [2.05, 4.69) is 4.84 Å². The smallest absolute Gasteiger partial charge is 0.337 e. The maximum Gasteiger partial charge on any atom is 0.337 e. The molecule has 4 heteroatoms. The Balaban J connectivity index is 4.61. The van der Waals surface area contributed by atoms with Crippen molar-refractivity contribution in [3.63, 3.8) is 0 Å². The van der Waals surface area contributed by atoms with Crippen LogP contribution < -0.4 is 5.90 Å². The van der Waals surface area contributed by atoms with Crippen molar-refractivity contribution in [1.82, 2.24) is 0 Å². The predicted octanol–water partition coefficient (Wildman–Crippen LogP) is 0.655. The molecule has 4 nitrogen and oxygen atoms in total. The summed E-state index contributed by atoms with van der Waals surface area (Å²) in [4.78, 5) is 26.4. The topological polar surface area (TPSA) is 69.4 Å². The third kappa shape index (κ3) is 2.04. The van der Waals surface area contributed by atoms with Crippen LogP contribution in [0.2, 0.25) is 0 Å². The molecular weight excluding hydrogens is 158 g/mol. The highest BCUT2D eigenvalue weighted by atomic mass is 16.7. The molecule has 0 aliphatic rings. The van der Waals surface area contributed by atoms with Gasteiger partial charge in [-0.15, -0.1) is 0 Å². The van der Waals surface area contributed by atoms with Crippen LogP contribution in [0.25, 0.3) is 0 Å².